The van der Waals surface area contributed by atoms with E-state index in [9.17, 15) is 14.9 Å². The zero-order valence-corrected chi connectivity index (χ0v) is 15.7. The summed E-state index contributed by atoms with van der Waals surface area (Å²) in [6.45, 7) is 0. The van der Waals surface area contributed by atoms with Gasteiger partial charge in [-0.2, -0.15) is 0 Å². The fourth-order valence-corrected chi connectivity index (χ4v) is 2.86. The van der Waals surface area contributed by atoms with Crippen LogP contribution in [-0.4, -0.2) is 11.0 Å². The molecule has 0 aliphatic heterocycles. The third-order valence-corrected chi connectivity index (χ3v) is 3.97. The number of anilines is 2. The van der Waals surface area contributed by atoms with E-state index in [-0.39, 0.29) is 5.69 Å². The van der Waals surface area contributed by atoms with Crippen LogP contribution in [0.2, 0.25) is 10.0 Å². The third kappa shape index (κ3) is 5.12. The van der Waals surface area contributed by atoms with Crippen LogP contribution < -0.4 is 15.4 Å². The van der Waals surface area contributed by atoms with Crippen molar-refractivity contribution >= 4 is 46.3 Å². The van der Waals surface area contributed by atoms with Crippen LogP contribution in [0, 0.1) is 10.1 Å². The number of hydrogen-bond acceptors (Lipinski definition) is 4. The summed E-state index contributed by atoms with van der Waals surface area (Å²) < 4.78 is 5.73. The molecule has 7 nitrogen and oxygen atoms in total. The van der Waals surface area contributed by atoms with Gasteiger partial charge in [0, 0.05) is 27.9 Å². The molecule has 0 fully saturated rings. The minimum atomic E-state index is -0.516. The van der Waals surface area contributed by atoms with Gasteiger partial charge in [0.15, 0.2) is 5.75 Å². The molecule has 0 bridgehead atoms. The normalized spacial score (nSPS) is 10.2. The Balaban J connectivity index is 1.72. The molecular weight excluding hydrogens is 405 g/mol. The van der Waals surface area contributed by atoms with Crippen LogP contribution in [0.15, 0.2) is 66.7 Å². The van der Waals surface area contributed by atoms with E-state index < -0.39 is 11.0 Å². The standard InChI is InChI=1S/C19H13Cl2N3O4/c20-12-9-13(21)11-14(10-12)22-19(25)23-17-3-1-2-4-18(17)28-16-7-5-15(6-8-16)24(26)27/h1-11H,(H2,22,23,25). The molecule has 0 unspecified atom stereocenters. The number of rotatable bonds is 5. The lowest BCUT2D eigenvalue weighted by atomic mass is 10.2. The number of ether oxygens (including phenoxy) is 1. The Labute approximate surface area is 170 Å². The Morgan fingerprint density at radius 2 is 1.57 bits per heavy atom. The first-order valence-electron chi connectivity index (χ1n) is 7.96. The summed E-state index contributed by atoms with van der Waals surface area (Å²) in [6, 6.07) is 16.6. The molecule has 0 aromatic heterocycles. The smallest absolute Gasteiger partial charge is 0.323 e. The van der Waals surface area contributed by atoms with Crippen molar-refractivity contribution in [3.8, 4) is 11.5 Å². The largest absolute Gasteiger partial charge is 0.455 e. The summed E-state index contributed by atoms with van der Waals surface area (Å²) in [6.07, 6.45) is 0. The van der Waals surface area contributed by atoms with E-state index in [1.165, 1.54) is 24.3 Å². The van der Waals surface area contributed by atoms with Gasteiger partial charge in [-0.3, -0.25) is 10.1 Å². The first-order chi connectivity index (χ1) is 13.4. The van der Waals surface area contributed by atoms with Crippen LogP contribution in [0.3, 0.4) is 0 Å². The highest BCUT2D eigenvalue weighted by molar-refractivity contribution is 6.35. The second-order valence-corrected chi connectivity index (χ2v) is 6.46. The van der Waals surface area contributed by atoms with Gasteiger partial charge in [0.2, 0.25) is 0 Å². The minimum absolute atomic E-state index is 0.0432. The van der Waals surface area contributed by atoms with E-state index in [1.54, 1.807) is 42.5 Å². The molecule has 0 heterocycles. The predicted octanol–water partition coefficient (Wildman–Crippen LogP) is 6.34. The number of halogens is 2. The number of non-ortho nitro benzene ring substituents is 1. The maximum absolute atomic E-state index is 12.3. The van der Waals surface area contributed by atoms with E-state index >= 15 is 0 Å². The minimum Gasteiger partial charge on any atom is -0.455 e. The summed E-state index contributed by atoms with van der Waals surface area (Å²) in [5.74, 6) is 0.762. The lowest BCUT2D eigenvalue weighted by molar-refractivity contribution is -0.384. The van der Waals surface area contributed by atoms with Crippen molar-refractivity contribution in [3.05, 3.63) is 86.9 Å². The van der Waals surface area contributed by atoms with Crippen molar-refractivity contribution in [1.82, 2.24) is 0 Å². The zero-order chi connectivity index (χ0) is 20.1. The monoisotopic (exact) mass is 417 g/mol. The highest BCUT2D eigenvalue weighted by Crippen LogP contribution is 2.30. The number of nitrogens with one attached hydrogen (secondary N) is 2. The van der Waals surface area contributed by atoms with E-state index in [0.29, 0.717) is 32.9 Å². The Hall–Kier alpha value is -3.29. The molecule has 3 aromatic carbocycles. The summed E-state index contributed by atoms with van der Waals surface area (Å²) in [4.78, 5) is 22.5. The molecule has 2 N–H and O–H groups in total. The molecule has 0 saturated carbocycles. The zero-order valence-electron chi connectivity index (χ0n) is 14.2. The maximum atomic E-state index is 12.3. The molecule has 3 rings (SSSR count). The van der Waals surface area contributed by atoms with Gasteiger partial charge < -0.3 is 15.4 Å². The molecule has 2 amide bonds. The van der Waals surface area contributed by atoms with E-state index in [2.05, 4.69) is 10.6 Å². The molecule has 0 atom stereocenters. The second-order valence-electron chi connectivity index (χ2n) is 5.59. The summed E-state index contributed by atoms with van der Waals surface area (Å²) in [5.41, 5.74) is 0.800. The molecule has 9 heteroatoms. The lowest BCUT2D eigenvalue weighted by Crippen LogP contribution is -2.19. The number of nitro groups is 1. The number of carbonyl (C=O) groups is 1. The van der Waals surface area contributed by atoms with Crippen molar-refractivity contribution < 1.29 is 14.5 Å². The highest BCUT2D eigenvalue weighted by atomic mass is 35.5. The number of carbonyl (C=O) groups excluding carboxylic acids is 1. The number of hydrogen-bond donors (Lipinski definition) is 2. The summed E-state index contributed by atoms with van der Waals surface area (Å²) in [5, 5.41) is 16.8. The number of nitro benzene ring substituents is 1. The highest BCUT2D eigenvalue weighted by Gasteiger charge is 2.11. The van der Waals surface area contributed by atoms with Gasteiger partial charge in [0.05, 0.1) is 10.6 Å². The summed E-state index contributed by atoms with van der Waals surface area (Å²) in [7, 11) is 0. The molecular formula is C19H13Cl2N3O4. The van der Waals surface area contributed by atoms with Crippen LogP contribution in [0.1, 0.15) is 0 Å². The molecule has 0 aliphatic carbocycles. The van der Waals surface area contributed by atoms with Gasteiger partial charge >= 0.3 is 6.03 Å². The third-order valence-electron chi connectivity index (χ3n) is 3.53. The Kier molecular flexibility index (Phi) is 5.98. The van der Waals surface area contributed by atoms with E-state index in [1.807, 2.05) is 0 Å². The van der Waals surface area contributed by atoms with Crippen LogP contribution in [-0.2, 0) is 0 Å². The van der Waals surface area contributed by atoms with E-state index in [4.69, 9.17) is 27.9 Å². The fourth-order valence-electron chi connectivity index (χ4n) is 2.33. The van der Waals surface area contributed by atoms with Crippen molar-refractivity contribution in [2.24, 2.45) is 0 Å². The molecule has 0 spiro atoms. The number of benzene rings is 3. The Bertz CT molecular complexity index is 1010. The van der Waals surface area contributed by atoms with Crippen molar-refractivity contribution in [1.29, 1.82) is 0 Å². The topological polar surface area (TPSA) is 93.5 Å². The van der Waals surface area contributed by atoms with Crippen molar-refractivity contribution in [2.45, 2.75) is 0 Å². The van der Waals surface area contributed by atoms with Gasteiger partial charge in [0.25, 0.3) is 5.69 Å². The van der Waals surface area contributed by atoms with Gasteiger partial charge in [0.1, 0.15) is 5.75 Å². The first kappa shape index (κ1) is 19.5. The fraction of sp³-hybridized carbons (Fsp3) is 0. The van der Waals surface area contributed by atoms with Gasteiger partial charge in [-0.05, 0) is 42.5 Å². The number of urea groups is 1. The average Bonchev–Trinajstić information content (AvgIpc) is 2.63. The number of para-hydroxylation sites is 2. The number of nitrogens with zero attached hydrogens (tertiary/aromatic N) is 1. The van der Waals surface area contributed by atoms with Gasteiger partial charge in [-0.15, -0.1) is 0 Å². The van der Waals surface area contributed by atoms with Crippen molar-refractivity contribution in [2.75, 3.05) is 10.6 Å². The SMILES string of the molecule is O=C(Nc1cc(Cl)cc(Cl)c1)Nc1ccccc1Oc1ccc([N+](=O)[O-])cc1. The molecule has 3 aromatic rings. The molecule has 0 saturated heterocycles. The van der Waals surface area contributed by atoms with Crippen molar-refractivity contribution in [3.63, 3.8) is 0 Å². The van der Waals surface area contributed by atoms with Gasteiger partial charge in [-0.25, -0.2) is 4.79 Å². The number of amides is 2. The predicted molar refractivity (Wildman–Crippen MR) is 109 cm³/mol. The molecule has 0 radical (unpaired) electrons. The van der Waals surface area contributed by atoms with Crippen LogP contribution in [0.25, 0.3) is 0 Å². The summed E-state index contributed by atoms with van der Waals surface area (Å²) >= 11 is 11.8. The first-order valence-corrected chi connectivity index (χ1v) is 8.72. The van der Waals surface area contributed by atoms with Crippen LogP contribution in [0.5, 0.6) is 11.5 Å². The maximum Gasteiger partial charge on any atom is 0.323 e. The van der Waals surface area contributed by atoms with Crippen LogP contribution >= 0.6 is 23.2 Å². The molecule has 28 heavy (non-hydrogen) atoms. The van der Waals surface area contributed by atoms with E-state index in [0.717, 1.165) is 0 Å². The Morgan fingerprint density at radius 3 is 2.21 bits per heavy atom. The van der Waals surface area contributed by atoms with Crippen LogP contribution in [0.4, 0.5) is 21.9 Å². The quantitative estimate of drug-likeness (QED) is 0.374. The lowest BCUT2D eigenvalue weighted by Gasteiger charge is -2.13. The molecule has 0 aliphatic rings. The molecule has 142 valence electrons. The average molecular weight is 418 g/mol. The second kappa shape index (κ2) is 8.60. The Morgan fingerprint density at radius 1 is 0.929 bits per heavy atom. The van der Waals surface area contributed by atoms with Gasteiger partial charge in [-0.1, -0.05) is 35.3 Å².